The molecule has 0 N–H and O–H groups in total. The highest BCUT2D eigenvalue weighted by molar-refractivity contribution is 5.95. The lowest BCUT2D eigenvalue weighted by Crippen LogP contribution is -2.33. The normalized spacial score (nSPS) is 11.5. The summed E-state index contributed by atoms with van der Waals surface area (Å²) in [5.41, 5.74) is 2.60. The summed E-state index contributed by atoms with van der Waals surface area (Å²) in [6.07, 6.45) is 2.23. The number of allylic oxidation sites excluding steroid dienone is 1. The molecule has 0 aromatic carbocycles. The second-order valence-electron chi connectivity index (χ2n) is 3.42. The van der Waals surface area contributed by atoms with Gasteiger partial charge in [-0.3, -0.25) is 9.59 Å². The van der Waals surface area contributed by atoms with E-state index in [1.807, 2.05) is 6.92 Å². The average molecular weight is 240 g/mol. The molecule has 0 unspecified atom stereocenters. The minimum Gasteiger partial charge on any atom is -0.465 e. The van der Waals surface area contributed by atoms with Crippen LogP contribution in [0.15, 0.2) is 18.4 Å². The van der Waals surface area contributed by atoms with Gasteiger partial charge in [0, 0.05) is 5.92 Å². The summed E-state index contributed by atoms with van der Waals surface area (Å²) >= 11 is 0. The van der Waals surface area contributed by atoms with Crippen LogP contribution in [0.25, 0.3) is 0 Å². The zero-order valence-electron chi connectivity index (χ0n) is 10.7. The molecule has 1 atom stereocenters. The molecule has 17 heavy (non-hydrogen) atoms. The fraction of sp³-hybridized carbons (Fsp3) is 0.615. The molecule has 0 heterocycles. The van der Waals surface area contributed by atoms with Gasteiger partial charge < -0.3 is 9.47 Å². The Morgan fingerprint density at radius 2 is 1.65 bits per heavy atom. The second kappa shape index (κ2) is 8.59. The Morgan fingerprint density at radius 1 is 1.18 bits per heavy atom. The SMILES string of the molecule is C=C=C[C@H](CC)C(C(=O)OCC)C(=O)OCC. The Morgan fingerprint density at radius 3 is 1.94 bits per heavy atom. The van der Waals surface area contributed by atoms with Gasteiger partial charge in [-0.25, -0.2) is 0 Å². The summed E-state index contributed by atoms with van der Waals surface area (Å²) < 4.78 is 9.79. The van der Waals surface area contributed by atoms with E-state index in [-0.39, 0.29) is 19.1 Å². The van der Waals surface area contributed by atoms with E-state index in [2.05, 4.69) is 12.3 Å². The fourth-order valence-corrected chi connectivity index (χ4v) is 1.51. The molecule has 0 aromatic heterocycles. The van der Waals surface area contributed by atoms with Gasteiger partial charge in [0.15, 0.2) is 5.92 Å². The minimum absolute atomic E-state index is 0.239. The molecule has 0 saturated heterocycles. The van der Waals surface area contributed by atoms with Crippen molar-refractivity contribution in [1.82, 2.24) is 0 Å². The molecule has 0 radical (unpaired) electrons. The third-order valence-electron chi connectivity index (χ3n) is 2.31. The molecule has 0 aliphatic heterocycles. The van der Waals surface area contributed by atoms with Gasteiger partial charge in [0.1, 0.15) is 0 Å². The third kappa shape index (κ3) is 4.87. The van der Waals surface area contributed by atoms with E-state index in [0.29, 0.717) is 6.42 Å². The van der Waals surface area contributed by atoms with Gasteiger partial charge in [0.05, 0.1) is 13.2 Å². The minimum atomic E-state index is -0.922. The molecule has 0 saturated carbocycles. The summed E-state index contributed by atoms with van der Waals surface area (Å²) in [5.74, 6) is -2.31. The lowest BCUT2D eigenvalue weighted by atomic mass is 9.90. The lowest BCUT2D eigenvalue weighted by Gasteiger charge is -2.19. The zero-order valence-corrected chi connectivity index (χ0v) is 10.7. The van der Waals surface area contributed by atoms with Crippen LogP contribution in [-0.2, 0) is 19.1 Å². The predicted molar refractivity (Wildman–Crippen MR) is 64.2 cm³/mol. The van der Waals surface area contributed by atoms with E-state index in [1.54, 1.807) is 19.9 Å². The molecule has 0 rings (SSSR count). The molecule has 0 spiro atoms. The Bertz CT molecular complexity index is 285. The Balaban J connectivity index is 4.99. The van der Waals surface area contributed by atoms with Crippen LogP contribution in [0.5, 0.6) is 0 Å². The summed E-state index contributed by atoms with van der Waals surface area (Å²) in [7, 11) is 0. The van der Waals surface area contributed by atoms with Gasteiger partial charge in [0.25, 0.3) is 0 Å². The van der Waals surface area contributed by atoms with Gasteiger partial charge in [-0.1, -0.05) is 13.5 Å². The largest absolute Gasteiger partial charge is 0.465 e. The van der Waals surface area contributed by atoms with Crippen LogP contribution in [0.2, 0.25) is 0 Å². The molecular formula is C13H20O4. The van der Waals surface area contributed by atoms with E-state index in [9.17, 15) is 9.59 Å². The molecule has 0 aliphatic rings. The predicted octanol–water partition coefficient (Wildman–Crippen LogP) is 2.10. The fourth-order valence-electron chi connectivity index (χ4n) is 1.51. The van der Waals surface area contributed by atoms with Crippen LogP contribution < -0.4 is 0 Å². The highest BCUT2D eigenvalue weighted by atomic mass is 16.6. The number of rotatable bonds is 7. The van der Waals surface area contributed by atoms with Gasteiger partial charge in [-0.15, -0.1) is 5.73 Å². The van der Waals surface area contributed by atoms with Crippen LogP contribution in [0.1, 0.15) is 27.2 Å². The van der Waals surface area contributed by atoms with E-state index >= 15 is 0 Å². The van der Waals surface area contributed by atoms with Crippen molar-refractivity contribution < 1.29 is 19.1 Å². The maximum Gasteiger partial charge on any atom is 0.320 e. The molecule has 4 nitrogen and oxygen atoms in total. The summed E-state index contributed by atoms with van der Waals surface area (Å²) in [6.45, 7) is 9.21. The first-order chi connectivity index (χ1) is 8.12. The first kappa shape index (κ1) is 15.5. The topological polar surface area (TPSA) is 52.6 Å². The Labute approximate surface area is 102 Å². The highest BCUT2D eigenvalue weighted by Gasteiger charge is 2.35. The number of hydrogen-bond donors (Lipinski definition) is 0. The van der Waals surface area contributed by atoms with Gasteiger partial charge in [-0.2, -0.15) is 0 Å². The number of carbonyl (C=O) groups is 2. The highest BCUT2D eigenvalue weighted by Crippen LogP contribution is 2.20. The molecule has 0 bridgehead atoms. The monoisotopic (exact) mass is 240 g/mol. The van der Waals surface area contributed by atoms with Gasteiger partial charge in [-0.05, 0) is 26.3 Å². The van der Waals surface area contributed by atoms with Gasteiger partial charge >= 0.3 is 11.9 Å². The van der Waals surface area contributed by atoms with Crippen molar-refractivity contribution in [3.8, 4) is 0 Å². The van der Waals surface area contributed by atoms with Crippen LogP contribution in [0.4, 0.5) is 0 Å². The maximum atomic E-state index is 11.7. The molecule has 4 heteroatoms. The summed E-state index contributed by atoms with van der Waals surface area (Å²) in [5, 5.41) is 0. The van der Waals surface area contributed by atoms with E-state index < -0.39 is 17.9 Å². The van der Waals surface area contributed by atoms with Crippen molar-refractivity contribution in [3.63, 3.8) is 0 Å². The second-order valence-corrected chi connectivity index (χ2v) is 3.42. The lowest BCUT2D eigenvalue weighted by molar-refractivity contribution is -0.163. The Hall–Kier alpha value is -1.54. The first-order valence-corrected chi connectivity index (χ1v) is 5.81. The maximum absolute atomic E-state index is 11.7. The first-order valence-electron chi connectivity index (χ1n) is 5.81. The van der Waals surface area contributed by atoms with Crippen molar-refractivity contribution in [2.75, 3.05) is 13.2 Å². The molecular weight excluding hydrogens is 220 g/mol. The van der Waals surface area contributed by atoms with Gasteiger partial charge in [0.2, 0.25) is 0 Å². The number of ether oxygens (including phenoxy) is 2. The van der Waals surface area contributed by atoms with E-state index in [4.69, 9.17) is 9.47 Å². The summed E-state index contributed by atoms with van der Waals surface area (Å²) in [6, 6.07) is 0. The summed E-state index contributed by atoms with van der Waals surface area (Å²) in [4.78, 5) is 23.5. The molecule has 0 aromatic rings. The van der Waals surface area contributed by atoms with Crippen molar-refractivity contribution >= 4 is 11.9 Å². The van der Waals surface area contributed by atoms with Crippen molar-refractivity contribution in [3.05, 3.63) is 18.4 Å². The third-order valence-corrected chi connectivity index (χ3v) is 2.31. The standard InChI is InChI=1S/C13H20O4/c1-5-9-10(6-2)11(12(14)16-7-3)13(15)17-8-4/h9-11H,1,6-8H2,2-4H3/t10-/m0/s1. The van der Waals surface area contributed by atoms with Crippen molar-refractivity contribution in [2.45, 2.75) is 27.2 Å². The molecule has 0 aliphatic carbocycles. The number of carbonyl (C=O) groups excluding carboxylic acids is 2. The molecule has 96 valence electrons. The van der Waals surface area contributed by atoms with Crippen LogP contribution in [0, 0.1) is 11.8 Å². The smallest absolute Gasteiger partial charge is 0.320 e. The van der Waals surface area contributed by atoms with Crippen molar-refractivity contribution in [1.29, 1.82) is 0 Å². The number of esters is 2. The van der Waals surface area contributed by atoms with E-state index in [1.165, 1.54) is 0 Å². The average Bonchev–Trinajstić information content (AvgIpc) is 2.29. The zero-order chi connectivity index (χ0) is 13.3. The quantitative estimate of drug-likeness (QED) is 0.388. The van der Waals surface area contributed by atoms with Crippen LogP contribution in [-0.4, -0.2) is 25.2 Å². The molecule has 0 amide bonds. The van der Waals surface area contributed by atoms with Crippen LogP contribution >= 0.6 is 0 Å². The van der Waals surface area contributed by atoms with Crippen LogP contribution in [0.3, 0.4) is 0 Å². The van der Waals surface area contributed by atoms with E-state index in [0.717, 1.165) is 0 Å². The molecule has 0 fully saturated rings. The Kier molecular flexibility index (Phi) is 7.82. The van der Waals surface area contributed by atoms with Crippen molar-refractivity contribution in [2.24, 2.45) is 11.8 Å². The number of hydrogen-bond acceptors (Lipinski definition) is 4.